The van der Waals surface area contributed by atoms with Crippen LogP contribution < -0.4 is 16.2 Å². The van der Waals surface area contributed by atoms with Crippen LogP contribution >= 0.6 is 0 Å². The van der Waals surface area contributed by atoms with Crippen molar-refractivity contribution in [1.82, 2.24) is 16.2 Å². The largest absolute Gasteiger partial charge is 0.260 e. The average molecular weight is 123 g/mol. The number of nitrogens with zero attached hydrogens (tertiary/aromatic N) is 2. The SMILES string of the molecule is N#CC1NNC(C#N)N1. The Morgan fingerprint density at radius 2 is 1.44 bits per heavy atom. The summed E-state index contributed by atoms with van der Waals surface area (Å²) < 4.78 is 0. The van der Waals surface area contributed by atoms with Crippen LogP contribution in [0.1, 0.15) is 0 Å². The van der Waals surface area contributed by atoms with Crippen LogP contribution in [0.2, 0.25) is 0 Å². The molecule has 1 aliphatic heterocycles. The summed E-state index contributed by atoms with van der Waals surface area (Å²) in [4.78, 5) is 0. The van der Waals surface area contributed by atoms with Gasteiger partial charge in [0.2, 0.25) is 0 Å². The smallest absolute Gasteiger partial charge is 0.162 e. The molecule has 5 nitrogen and oxygen atoms in total. The molecule has 3 N–H and O–H groups in total. The Bertz CT molecular complexity index is 154. The molecule has 1 saturated heterocycles. The lowest BCUT2D eigenvalue weighted by atomic mass is 10.5. The maximum absolute atomic E-state index is 8.25. The molecule has 0 radical (unpaired) electrons. The first-order valence-corrected chi connectivity index (χ1v) is 2.43. The summed E-state index contributed by atoms with van der Waals surface area (Å²) in [5.74, 6) is 0. The van der Waals surface area contributed by atoms with Crippen molar-refractivity contribution in [2.75, 3.05) is 0 Å². The summed E-state index contributed by atoms with van der Waals surface area (Å²) in [6.45, 7) is 0. The molecule has 0 aliphatic carbocycles. The molecule has 1 fully saturated rings. The van der Waals surface area contributed by atoms with Crippen molar-refractivity contribution in [2.24, 2.45) is 0 Å². The lowest BCUT2D eigenvalue weighted by Gasteiger charge is -1.94. The van der Waals surface area contributed by atoms with Gasteiger partial charge in [-0.25, -0.2) is 10.9 Å². The third-order valence-electron chi connectivity index (χ3n) is 0.964. The number of nitriles is 2. The van der Waals surface area contributed by atoms with Crippen LogP contribution in [0.4, 0.5) is 0 Å². The van der Waals surface area contributed by atoms with Crippen molar-refractivity contribution in [3.8, 4) is 12.1 Å². The lowest BCUT2D eigenvalue weighted by molar-refractivity contribution is 0.613. The van der Waals surface area contributed by atoms with E-state index in [1.54, 1.807) is 0 Å². The van der Waals surface area contributed by atoms with Crippen LogP contribution in [0.25, 0.3) is 0 Å². The van der Waals surface area contributed by atoms with Gasteiger partial charge in [-0.05, 0) is 0 Å². The van der Waals surface area contributed by atoms with Crippen LogP contribution in [0.15, 0.2) is 0 Å². The highest BCUT2D eigenvalue weighted by Crippen LogP contribution is 1.84. The van der Waals surface area contributed by atoms with Gasteiger partial charge >= 0.3 is 0 Å². The summed E-state index contributed by atoms with van der Waals surface area (Å²) in [6.07, 6.45) is -0.899. The van der Waals surface area contributed by atoms with Gasteiger partial charge in [-0.1, -0.05) is 0 Å². The van der Waals surface area contributed by atoms with Crippen molar-refractivity contribution < 1.29 is 0 Å². The first kappa shape index (κ1) is 5.99. The van der Waals surface area contributed by atoms with E-state index in [2.05, 4.69) is 16.2 Å². The zero-order valence-corrected chi connectivity index (χ0v) is 4.55. The molecule has 2 atom stereocenters. The highest BCUT2D eigenvalue weighted by atomic mass is 15.5. The van der Waals surface area contributed by atoms with E-state index in [9.17, 15) is 0 Å². The molecule has 0 bridgehead atoms. The summed E-state index contributed by atoms with van der Waals surface area (Å²) in [6, 6.07) is 3.78. The summed E-state index contributed by atoms with van der Waals surface area (Å²) in [5, 5.41) is 19.2. The fraction of sp³-hybridized carbons (Fsp3) is 0.500. The number of nitrogens with one attached hydrogen (secondary N) is 3. The summed E-state index contributed by atoms with van der Waals surface area (Å²) >= 11 is 0. The zero-order chi connectivity index (χ0) is 6.69. The molecule has 1 rings (SSSR count). The van der Waals surface area contributed by atoms with Crippen molar-refractivity contribution in [1.29, 1.82) is 10.5 Å². The summed E-state index contributed by atoms with van der Waals surface area (Å²) in [5.41, 5.74) is 5.13. The normalized spacial score (nSPS) is 33.1. The van der Waals surface area contributed by atoms with E-state index in [-0.39, 0.29) is 0 Å². The molecule has 0 amide bonds. The van der Waals surface area contributed by atoms with Crippen LogP contribution in [0, 0.1) is 22.7 Å². The molecule has 5 heteroatoms. The van der Waals surface area contributed by atoms with Crippen molar-refractivity contribution in [2.45, 2.75) is 12.3 Å². The molecular formula is C4H5N5. The minimum atomic E-state index is -0.449. The first-order valence-electron chi connectivity index (χ1n) is 2.43. The zero-order valence-electron chi connectivity index (χ0n) is 4.55. The Balaban J connectivity index is 2.42. The standard InChI is InChI=1S/C4H5N5/c5-1-3-7-4(2-6)9-8-3/h3-4,7-9H. The third kappa shape index (κ3) is 1.15. The molecule has 0 aromatic heterocycles. The van der Waals surface area contributed by atoms with E-state index in [1.807, 2.05) is 12.1 Å². The average Bonchev–Trinajstić information content (AvgIpc) is 2.34. The molecule has 2 unspecified atom stereocenters. The van der Waals surface area contributed by atoms with E-state index in [4.69, 9.17) is 10.5 Å². The molecule has 1 heterocycles. The number of rotatable bonds is 0. The Labute approximate surface area is 52.2 Å². The van der Waals surface area contributed by atoms with Gasteiger partial charge in [-0.15, -0.1) is 0 Å². The van der Waals surface area contributed by atoms with E-state index in [0.29, 0.717) is 0 Å². The Kier molecular flexibility index (Phi) is 1.61. The van der Waals surface area contributed by atoms with Gasteiger partial charge in [0.15, 0.2) is 12.3 Å². The molecule has 0 aromatic carbocycles. The fourth-order valence-corrected chi connectivity index (χ4v) is 0.556. The second-order valence-corrected chi connectivity index (χ2v) is 1.58. The summed E-state index contributed by atoms with van der Waals surface area (Å²) in [7, 11) is 0. The number of hydrogen-bond acceptors (Lipinski definition) is 5. The first-order chi connectivity index (χ1) is 4.36. The van der Waals surface area contributed by atoms with Gasteiger partial charge in [-0.2, -0.15) is 10.5 Å². The van der Waals surface area contributed by atoms with Crippen LogP contribution in [0.3, 0.4) is 0 Å². The van der Waals surface area contributed by atoms with Crippen molar-refractivity contribution in [3.05, 3.63) is 0 Å². The quantitative estimate of drug-likeness (QED) is 0.360. The van der Waals surface area contributed by atoms with Crippen molar-refractivity contribution >= 4 is 0 Å². The van der Waals surface area contributed by atoms with Crippen molar-refractivity contribution in [3.63, 3.8) is 0 Å². The van der Waals surface area contributed by atoms with Crippen LogP contribution in [-0.4, -0.2) is 12.3 Å². The minimum absolute atomic E-state index is 0.449. The van der Waals surface area contributed by atoms with Gasteiger partial charge in [-0.3, -0.25) is 5.32 Å². The van der Waals surface area contributed by atoms with Gasteiger partial charge in [0.05, 0.1) is 12.1 Å². The Morgan fingerprint density at radius 3 is 1.67 bits per heavy atom. The number of hydrazine groups is 1. The predicted molar refractivity (Wildman–Crippen MR) is 28.2 cm³/mol. The topological polar surface area (TPSA) is 83.7 Å². The highest BCUT2D eigenvalue weighted by Gasteiger charge is 2.20. The third-order valence-corrected chi connectivity index (χ3v) is 0.964. The monoisotopic (exact) mass is 123 g/mol. The lowest BCUT2D eigenvalue weighted by Crippen LogP contribution is -2.31. The number of hydrogen-bond donors (Lipinski definition) is 3. The molecular weight excluding hydrogens is 118 g/mol. The van der Waals surface area contributed by atoms with E-state index in [1.165, 1.54) is 0 Å². The predicted octanol–water partition coefficient (Wildman–Crippen LogP) is -1.62. The molecule has 46 valence electrons. The maximum atomic E-state index is 8.25. The van der Waals surface area contributed by atoms with Gasteiger partial charge in [0.25, 0.3) is 0 Å². The molecule has 0 aromatic rings. The van der Waals surface area contributed by atoms with Crippen LogP contribution in [-0.2, 0) is 0 Å². The molecule has 0 spiro atoms. The minimum Gasteiger partial charge on any atom is -0.260 e. The van der Waals surface area contributed by atoms with E-state index >= 15 is 0 Å². The van der Waals surface area contributed by atoms with E-state index in [0.717, 1.165) is 0 Å². The highest BCUT2D eigenvalue weighted by molar-refractivity contribution is 4.99. The van der Waals surface area contributed by atoms with E-state index < -0.39 is 12.3 Å². The van der Waals surface area contributed by atoms with Gasteiger partial charge in [0.1, 0.15) is 0 Å². The fourth-order valence-electron chi connectivity index (χ4n) is 0.556. The second kappa shape index (κ2) is 2.42. The van der Waals surface area contributed by atoms with Gasteiger partial charge < -0.3 is 0 Å². The van der Waals surface area contributed by atoms with Gasteiger partial charge in [0, 0.05) is 0 Å². The Morgan fingerprint density at radius 1 is 1.00 bits per heavy atom. The second-order valence-electron chi connectivity index (χ2n) is 1.58. The molecule has 1 aliphatic rings. The molecule has 0 saturated carbocycles. The molecule has 9 heavy (non-hydrogen) atoms. The Hall–Kier alpha value is -1.14. The maximum Gasteiger partial charge on any atom is 0.162 e. The van der Waals surface area contributed by atoms with Crippen LogP contribution in [0.5, 0.6) is 0 Å².